The van der Waals surface area contributed by atoms with Gasteiger partial charge in [0.1, 0.15) is 11.6 Å². The van der Waals surface area contributed by atoms with Crippen molar-refractivity contribution in [1.82, 2.24) is 19.7 Å². The lowest BCUT2D eigenvalue weighted by Crippen LogP contribution is -2.13. The number of carbonyl (C=O) groups excluding carboxylic acids is 1. The first-order valence-electron chi connectivity index (χ1n) is 10.1. The van der Waals surface area contributed by atoms with Gasteiger partial charge in [-0.05, 0) is 48.9 Å². The molecule has 33 heavy (non-hydrogen) atoms. The molecule has 4 N–H and O–H groups in total. The van der Waals surface area contributed by atoms with Gasteiger partial charge in [0.25, 0.3) is 5.91 Å². The number of hydrogen-bond donors (Lipinski definition) is 3. The van der Waals surface area contributed by atoms with E-state index < -0.39 is 5.82 Å². The Morgan fingerprint density at radius 3 is 2.61 bits per heavy atom. The van der Waals surface area contributed by atoms with Crippen molar-refractivity contribution in [3.63, 3.8) is 0 Å². The summed E-state index contributed by atoms with van der Waals surface area (Å²) in [6.07, 6.45) is 1.70. The van der Waals surface area contributed by atoms with Gasteiger partial charge in [-0.3, -0.25) is 9.48 Å². The lowest BCUT2D eigenvalue weighted by molar-refractivity contribution is 0.102. The monoisotopic (exact) mass is 463 g/mol. The largest absolute Gasteiger partial charge is 0.397 e. The number of aryl methyl sites for hydroxylation is 2. The molecule has 0 unspecified atom stereocenters. The molecule has 0 aliphatic carbocycles. The number of anilines is 4. The highest BCUT2D eigenvalue weighted by atomic mass is 32.2. The van der Waals surface area contributed by atoms with Gasteiger partial charge >= 0.3 is 0 Å². The smallest absolute Gasteiger partial charge is 0.255 e. The highest BCUT2D eigenvalue weighted by Gasteiger charge is 2.10. The summed E-state index contributed by atoms with van der Waals surface area (Å²) in [4.78, 5) is 21.3. The Morgan fingerprint density at radius 2 is 1.91 bits per heavy atom. The summed E-state index contributed by atoms with van der Waals surface area (Å²) in [5.41, 5.74) is 8.82. The summed E-state index contributed by atoms with van der Waals surface area (Å²) in [5, 5.41) is 10.9. The molecule has 0 atom stereocenters. The number of rotatable bonds is 7. The Bertz CT molecular complexity index is 1270. The fourth-order valence-electron chi connectivity index (χ4n) is 2.98. The van der Waals surface area contributed by atoms with Gasteiger partial charge in [0.15, 0.2) is 11.0 Å². The SMILES string of the molecule is Cc1cc(Nc2ccnc(SCc3ccc(C(=O)Nc4ccc(F)cc4N)cc3)n2)nn1C. The molecule has 8 nitrogen and oxygen atoms in total. The highest BCUT2D eigenvalue weighted by Crippen LogP contribution is 2.23. The summed E-state index contributed by atoms with van der Waals surface area (Å²) >= 11 is 1.49. The van der Waals surface area contributed by atoms with Crippen LogP contribution in [0.5, 0.6) is 0 Å². The second-order valence-corrected chi connectivity index (χ2v) is 8.26. The molecule has 2 heterocycles. The van der Waals surface area contributed by atoms with E-state index >= 15 is 0 Å². The molecule has 0 saturated heterocycles. The van der Waals surface area contributed by atoms with Crippen LogP contribution < -0.4 is 16.4 Å². The van der Waals surface area contributed by atoms with Crippen LogP contribution in [0.25, 0.3) is 0 Å². The molecule has 4 aromatic rings. The number of aromatic nitrogens is 4. The van der Waals surface area contributed by atoms with Gasteiger partial charge in [0.05, 0.1) is 11.4 Å². The molecule has 0 aliphatic rings. The Kier molecular flexibility index (Phi) is 6.55. The fraction of sp³-hybridized carbons (Fsp3) is 0.130. The van der Waals surface area contributed by atoms with Crippen molar-refractivity contribution < 1.29 is 9.18 Å². The van der Waals surface area contributed by atoms with E-state index in [9.17, 15) is 9.18 Å². The molecule has 4 rings (SSSR count). The second-order valence-electron chi connectivity index (χ2n) is 7.32. The number of nitrogens with two attached hydrogens (primary N) is 1. The van der Waals surface area contributed by atoms with E-state index in [0.29, 0.717) is 28.0 Å². The minimum atomic E-state index is -0.454. The van der Waals surface area contributed by atoms with Crippen molar-refractivity contribution in [2.75, 3.05) is 16.4 Å². The van der Waals surface area contributed by atoms with Crippen molar-refractivity contribution >= 4 is 40.7 Å². The summed E-state index contributed by atoms with van der Waals surface area (Å²) in [5.74, 6) is 1.25. The van der Waals surface area contributed by atoms with Crippen LogP contribution in [0.4, 0.5) is 27.4 Å². The van der Waals surface area contributed by atoms with Crippen LogP contribution in [0.2, 0.25) is 0 Å². The first kappa shape index (κ1) is 22.3. The van der Waals surface area contributed by atoms with Gasteiger partial charge in [0, 0.05) is 36.3 Å². The zero-order chi connectivity index (χ0) is 23.4. The average Bonchev–Trinajstić information content (AvgIpc) is 3.11. The lowest BCUT2D eigenvalue weighted by atomic mass is 10.1. The van der Waals surface area contributed by atoms with E-state index in [1.165, 1.54) is 30.0 Å². The van der Waals surface area contributed by atoms with E-state index in [-0.39, 0.29) is 11.6 Å². The fourth-order valence-corrected chi connectivity index (χ4v) is 3.76. The van der Waals surface area contributed by atoms with Crippen molar-refractivity contribution in [3.05, 3.63) is 83.4 Å². The van der Waals surface area contributed by atoms with Crippen molar-refractivity contribution in [2.24, 2.45) is 7.05 Å². The van der Waals surface area contributed by atoms with Crippen LogP contribution >= 0.6 is 11.8 Å². The third-order valence-corrected chi connectivity index (χ3v) is 5.78. The first-order chi connectivity index (χ1) is 15.9. The molecule has 0 saturated carbocycles. The number of benzene rings is 2. The number of halogens is 1. The van der Waals surface area contributed by atoms with Crippen LogP contribution in [0, 0.1) is 12.7 Å². The predicted molar refractivity (Wildman–Crippen MR) is 128 cm³/mol. The van der Waals surface area contributed by atoms with E-state index in [2.05, 4.69) is 25.7 Å². The van der Waals surface area contributed by atoms with E-state index in [1.807, 2.05) is 32.2 Å². The first-order valence-corrected chi connectivity index (χ1v) is 11.0. The van der Waals surface area contributed by atoms with Gasteiger partial charge in [-0.15, -0.1) is 0 Å². The minimum absolute atomic E-state index is 0.172. The number of carbonyl (C=O) groups is 1. The summed E-state index contributed by atoms with van der Waals surface area (Å²) < 4.78 is 15.0. The maximum Gasteiger partial charge on any atom is 0.255 e. The Morgan fingerprint density at radius 1 is 1.12 bits per heavy atom. The van der Waals surface area contributed by atoms with Gasteiger partial charge in [0.2, 0.25) is 0 Å². The number of nitrogens with zero attached hydrogens (tertiary/aromatic N) is 4. The number of amides is 1. The zero-order valence-electron chi connectivity index (χ0n) is 18.0. The number of thioether (sulfide) groups is 1. The maximum absolute atomic E-state index is 13.2. The topological polar surface area (TPSA) is 111 Å². The summed E-state index contributed by atoms with van der Waals surface area (Å²) in [6, 6.07) is 14.8. The quantitative estimate of drug-likeness (QED) is 0.210. The summed E-state index contributed by atoms with van der Waals surface area (Å²) in [6.45, 7) is 1.98. The van der Waals surface area contributed by atoms with Crippen LogP contribution in [-0.4, -0.2) is 25.7 Å². The van der Waals surface area contributed by atoms with Crippen LogP contribution in [0.3, 0.4) is 0 Å². The molecule has 0 spiro atoms. The highest BCUT2D eigenvalue weighted by molar-refractivity contribution is 7.98. The predicted octanol–water partition coefficient (Wildman–Crippen LogP) is 4.53. The van der Waals surface area contributed by atoms with Crippen LogP contribution in [-0.2, 0) is 12.8 Å². The summed E-state index contributed by atoms with van der Waals surface area (Å²) in [7, 11) is 1.88. The van der Waals surface area contributed by atoms with E-state index in [1.54, 1.807) is 29.1 Å². The molecular formula is C23H22FN7OS. The van der Waals surface area contributed by atoms with Crippen molar-refractivity contribution in [3.8, 4) is 0 Å². The molecule has 1 amide bonds. The Labute approximate surface area is 194 Å². The van der Waals surface area contributed by atoms with E-state index in [0.717, 1.165) is 17.1 Å². The number of nitrogen functional groups attached to an aromatic ring is 1. The second kappa shape index (κ2) is 9.70. The molecule has 0 aliphatic heterocycles. The number of hydrogen-bond acceptors (Lipinski definition) is 7. The zero-order valence-corrected chi connectivity index (χ0v) is 18.9. The van der Waals surface area contributed by atoms with Crippen molar-refractivity contribution in [2.45, 2.75) is 17.8 Å². The van der Waals surface area contributed by atoms with E-state index in [4.69, 9.17) is 5.73 Å². The average molecular weight is 464 g/mol. The normalized spacial score (nSPS) is 10.8. The Hall–Kier alpha value is -3.92. The molecule has 10 heteroatoms. The third kappa shape index (κ3) is 5.66. The minimum Gasteiger partial charge on any atom is -0.397 e. The molecule has 0 bridgehead atoms. The molecule has 0 fully saturated rings. The van der Waals surface area contributed by atoms with Crippen LogP contribution in [0.15, 0.2) is 66.0 Å². The van der Waals surface area contributed by atoms with Gasteiger partial charge in [-0.1, -0.05) is 23.9 Å². The van der Waals surface area contributed by atoms with Gasteiger partial charge < -0.3 is 16.4 Å². The lowest BCUT2D eigenvalue weighted by Gasteiger charge is -2.09. The standard InChI is InChI=1S/C23H22FN7OS/c1-14-11-21(30-31(14)2)28-20-9-10-26-23(29-20)33-13-15-3-5-16(6-4-15)22(32)27-19-8-7-17(24)12-18(19)25/h3-12H,13,25H2,1-2H3,(H,27,32)(H,26,28,29,30). The molecule has 168 valence electrons. The van der Waals surface area contributed by atoms with Gasteiger partial charge in [-0.25, -0.2) is 14.4 Å². The third-order valence-electron chi connectivity index (χ3n) is 4.85. The molecular weight excluding hydrogens is 441 g/mol. The maximum atomic E-state index is 13.2. The number of nitrogens with one attached hydrogen (secondary N) is 2. The van der Waals surface area contributed by atoms with Crippen molar-refractivity contribution in [1.29, 1.82) is 0 Å². The molecule has 0 radical (unpaired) electrons. The molecule has 2 aromatic carbocycles. The molecule has 2 aromatic heterocycles. The van der Waals surface area contributed by atoms with Gasteiger partial charge in [-0.2, -0.15) is 5.10 Å². The van der Waals surface area contributed by atoms with Crippen LogP contribution in [0.1, 0.15) is 21.6 Å². The Balaban J connectivity index is 1.35.